The number of H-pyrrole nitrogens is 1. The van der Waals surface area contributed by atoms with Gasteiger partial charge in [0.05, 0.1) is 16.2 Å². The zero-order chi connectivity index (χ0) is 47.8. The Morgan fingerprint density at radius 2 is 1.63 bits per heavy atom. The molecule has 0 spiro atoms. The van der Waals surface area contributed by atoms with Gasteiger partial charge in [0, 0.05) is 132 Å². The summed E-state index contributed by atoms with van der Waals surface area (Å²) in [6.45, 7) is 4.96. The average Bonchev–Trinajstić information content (AvgIpc) is 4.05. The first-order valence-corrected chi connectivity index (χ1v) is 23.3. The fourth-order valence-corrected chi connectivity index (χ4v) is 9.97. The van der Waals surface area contributed by atoms with E-state index in [1.165, 1.54) is 28.0 Å². The zero-order valence-corrected chi connectivity index (χ0v) is 38.6. The lowest BCUT2D eigenvalue weighted by molar-refractivity contribution is -0.131. The zero-order valence-electron chi connectivity index (χ0n) is 37.9. The van der Waals surface area contributed by atoms with E-state index in [-0.39, 0.29) is 95.1 Å². The first-order chi connectivity index (χ1) is 32.7. The van der Waals surface area contributed by atoms with Crippen LogP contribution in [0.1, 0.15) is 64.1 Å². The minimum atomic E-state index is -1.08. The molecule has 3 fully saturated rings. The number of imide groups is 1. The van der Waals surface area contributed by atoms with E-state index in [0.717, 1.165) is 12.8 Å². The molecule has 5 aromatic rings. The molecule has 6 heterocycles. The van der Waals surface area contributed by atoms with Crippen LogP contribution < -0.4 is 10.2 Å². The van der Waals surface area contributed by atoms with Crippen molar-refractivity contribution in [2.24, 2.45) is 0 Å². The molecule has 68 heavy (non-hydrogen) atoms. The molecule has 4 aliphatic rings. The fourth-order valence-electron chi connectivity index (χ4n) is 9.75. The SMILES string of the molecule is CN(C)C(=O)c1cc2c(-c3ccc(CN4CCC(N5CCN(C(=O)c6ccc(Cl)c(N7CCC(=O)NC7=O)c6)CC5)CC4)c(F)c3F)cc(C3=CCCN(C(=O)CCn4cccn4)C3)c(F)c2[nH]1. The molecule has 9 rings (SSSR count). The summed E-state index contributed by atoms with van der Waals surface area (Å²) in [7, 11) is 3.13. The number of aryl methyl sites for hydroxylation is 1. The van der Waals surface area contributed by atoms with Gasteiger partial charge in [0.15, 0.2) is 17.5 Å². The van der Waals surface area contributed by atoms with Gasteiger partial charge in [0.1, 0.15) is 5.69 Å². The number of hydrogen-bond acceptors (Lipinski definition) is 8. The van der Waals surface area contributed by atoms with E-state index in [2.05, 4.69) is 25.2 Å². The molecule has 0 saturated carbocycles. The number of nitrogens with one attached hydrogen (secondary N) is 2. The smallest absolute Gasteiger partial charge is 0.328 e. The molecular formula is C49H52ClF3N10O5. The van der Waals surface area contributed by atoms with Crippen molar-refractivity contribution in [3.8, 4) is 11.1 Å². The molecular weight excluding hydrogens is 901 g/mol. The number of carbonyl (C=O) groups excluding carboxylic acids is 5. The van der Waals surface area contributed by atoms with Crippen molar-refractivity contribution in [2.45, 2.75) is 51.2 Å². The number of nitrogens with zero attached hydrogens (tertiary/aromatic N) is 8. The fraction of sp³-hybridized carbons (Fsp3) is 0.388. The lowest BCUT2D eigenvalue weighted by atomic mass is 9.92. The van der Waals surface area contributed by atoms with Crippen LogP contribution in [0.2, 0.25) is 5.02 Å². The number of benzene rings is 3. The number of aromatic nitrogens is 3. The number of amides is 6. The summed E-state index contributed by atoms with van der Waals surface area (Å²) < 4.78 is 51.1. The number of carbonyl (C=O) groups is 5. The molecule has 3 aromatic carbocycles. The van der Waals surface area contributed by atoms with Gasteiger partial charge in [0.2, 0.25) is 11.8 Å². The third-order valence-electron chi connectivity index (χ3n) is 13.5. The number of fused-ring (bicyclic) bond motifs is 1. The van der Waals surface area contributed by atoms with Gasteiger partial charge in [-0.3, -0.25) is 43.9 Å². The number of rotatable bonds is 11. The number of urea groups is 1. The Kier molecular flexibility index (Phi) is 13.4. The van der Waals surface area contributed by atoms with Crippen LogP contribution in [0.25, 0.3) is 27.6 Å². The molecule has 2 N–H and O–H groups in total. The third-order valence-corrected chi connectivity index (χ3v) is 13.8. The van der Waals surface area contributed by atoms with Crippen LogP contribution in [0.15, 0.2) is 67.0 Å². The number of aromatic amines is 1. The van der Waals surface area contributed by atoms with E-state index in [1.807, 2.05) is 6.08 Å². The Bertz CT molecular complexity index is 2820. The molecule has 356 valence electrons. The maximum Gasteiger partial charge on any atom is 0.328 e. The van der Waals surface area contributed by atoms with Crippen molar-refractivity contribution in [2.75, 3.05) is 77.9 Å². The second-order valence-electron chi connectivity index (χ2n) is 18.0. The highest BCUT2D eigenvalue weighted by Crippen LogP contribution is 2.39. The molecule has 4 aliphatic heterocycles. The van der Waals surface area contributed by atoms with Crippen LogP contribution in [0, 0.1) is 17.5 Å². The van der Waals surface area contributed by atoms with Crippen LogP contribution in [-0.4, -0.2) is 148 Å². The normalized spacial score (nSPS) is 17.7. The van der Waals surface area contributed by atoms with Crippen LogP contribution in [0.5, 0.6) is 0 Å². The Hall–Kier alpha value is -6.50. The van der Waals surface area contributed by atoms with Crippen molar-refractivity contribution in [1.82, 2.24) is 44.6 Å². The highest BCUT2D eigenvalue weighted by molar-refractivity contribution is 6.34. The number of halogens is 4. The van der Waals surface area contributed by atoms with Crippen molar-refractivity contribution in [1.29, 1.82) is 0 Å². The Morgan fingerprint density at radius 1 is 0.853 bits per heavy atom. The minimum Gasteiger partial charge on any atom is -0.348 e. The molecule has 0 radical (unpaired) electrons. The van der Waals surface area contributed by atoms with Crippen molar-refractivity contribution in [3.63, 3.8) is 0 Å². The topological polar surface area (TPSA) is 150 Å². The van der Waals surface area contributed by atoms with E-state index in [4.69, 9.17) is 11.6 Å². The summed E-state index contributed by atoms with van der Waals surface area (Å²) in [6.07, 6.45) is 7.68. The molecule has 6 amide bonds. The molecule has 0 bridgehead atoms. The maximum atomic E-state index is 16.6. The van der Waals surface area contributed by atoms with Gasteiger partial charge >= 0.3 is 6.03 Å². The quantitative estimate of drug-likeness (QED) is 0.155. The van der Waals surface area contributed by atoms with Gasteiger partial charge in [-0.05, 0) is 79.9 Å². The standard InChI is InChI=1S/C49H52ClF3N10O5/c1-57(2)48(67)39-27-37-36(26-35(45(53)46(37)55-39)31-5-3-15-61(29-31)42(65)13-19-62-16-4-14-54-62)34-8-6-32(43(51)44(34)52)28-58-17-10-33(11-18-58)59-21-23-60(24-22-59)47(66)30-7-9-38(50)40(25-30)63-20-12-41(64)56-49(63)68/h4-9,14,16,25-27,33,55H,3,10-13,15,17-24,28-29H2,1-2H3,(H,56,64,68). The highest BCUT2D eigenvalue weighted by atomic mass is 35.5. The Labute approximate surface area is 396 Å². The Balaban J connectivity index is 0.857. The molecule has 3 saturated heterocycles. The minimum absolute atomic E-state index is 0.0222. The summed E-state index contributed by atoms with van der Waals surface area (Å²) in [4.78, 5) is 77.6. The van der Waals surface area contributed by atoms with Gasteiger partial charge in [0.25, 0.3) is 11.8 Å². The number of piperazine rings is 1. The summed E-state index contributed by atoms with van der Waals surface area (Å²) in [5.74, 6) is -3.82. The number of hydrogen-bond donors (Lipinski definition) is 2. The van der Waals surface area contributed by atoms with Gasteiger partial charge in [-0.2, -0.15) is 5.10 Å². The lowest BCUT2D eigenvalue weighted by Crippen LogP contribution is -2.54. The van der Waals surface area contributed by atoms with Gasteiger partial charge in [-0.15, -0.1) is 0 Å². The average molecular weight is 953 g/mol. The predicted octanol–water partition coefficient (Wildman–Crippen LogP) is 6.38. The van der Waals surface area contributed by atoms with Crippen molar-refractivity contribution < 1.29 is 37.1 Å². The number of likely N-dealkylation sites (tertiary alicyclic amines) is 1. The lowest BCUT2D eigenvalue weighted by Gasteiger charge is -2.43. The van der Waals surface area contributed by atoms with Crippen molar-refractivity contribution in [3.05, 3.63) is 112 Å². The first-order valence-electron chi connectivity index (χ1n) is 22.9. The summed E-state index contributed by atoms with van der Waals surface area (Å²) in [5, 5.41) is 6.97. The van der Waals surface area contributed by atoms with E-state index in [1.54, 1.807) is 71.3 Å². The van der Waals surface area contributed by atoms with Gasteiger partial charge < -0.3 is 19.7 Å². The van der Waals surface area contributed by atoms with Gasteiger partial charge in [-0.1, -0.05) is 29.8 Å². The molecule has 15 nitrogen and oxygen atoms in total. The highest BCUT2D eigenvalue weighted by Gasteiger charge is 2.32. The number of anilines is 1. The first kappa shape index (κ1) is 46.6. The molecule has 0 aliphatic carbocycles. The summed E-state index contributed by atoms with van der Waals surface area (Å²) in [6, 6.07) is 12.3. The maximum absolute atomic E-state index is 16.6. The molecule has 0 atom stereocenters. The third kappa shape index (κ3) is 9.49. The molecule has 0 unspecified atom stereocenters. The van der Waals surface area contributed by atoms with E-state index in [9.17, 15) is 24.0 Å². The van der Waals surface area contributed by atoms with E-state index >= 15 is 13.2 Å². The van der Waals surface area contributed by atoms with Crippen LogP contribution >= 0.6 is 11.6 Å². The second-order valence-corrected chi connectivity index (χ2v) is 18.4. The largest absolute Gasteiger partial charge is 0.348 e. The van der Waals surface area contributed by atoms with Crippen LogP contribution in [0.4, 0.5) is 23.7 Å². The Morgan fingerprint density at radius 3 is 2.35 bits per heavy atom. The monoisotopic (exact) mass is 952 g/mol. The molecule has 19 heteroatoms. The van der Waals surface area contributed by atoms with E-state index < -0.39 is 29.4 Å². The number of piperidine rings is 1. The van der Waals surface area contributed by atoms with Crippen molar-refractivity contribution >= 4 is 63.4 Å². The van der Waals surface area contributed by atoms with Gasteiger partial charge in [-0.25, -0.2) is 18.0 Å². The second kappa shape index (κ2) is 19.6. The van der Waals surface area contributed by atoms with E-state index in [0.29, 0.717) is 80.6 Å². The molecule has 2 aromatic heterocycles. The predicted molar refractivity (Wildman–Crippen MR) is 250 cm³/mol. The van der Waals surface area contributed by atoms with Crippen LogP contribution in [-0.2, 0) is 22.7 Å². The summed E-state index contributed by atoms with van der Waals surface area (Å²) in [5.41, 5.74) is 1.80. The summed E-state index contributed by atoms with van der Waals surface area (Å²) >= 11 is 6.41. The van der Waals surface area contributed by atoms with Crippen LogP contribution in [0.3, 0.4) is 0 Å².